The second-order valence-electron chi connectivity index (χ2n) is 11.9. The summed E-state index contributed by atoms with van der Waals surface area (Å²) < 4.78 is 6.70. The molecule has 0 radical (unpaired) electrons. The van der Waals surface area contributed by atoms with Crippen LogP contribution in [0.3, 0.4) is 0 Å². The second-order valence-corrected chi connectivity index (χ2v) is 11.9. The van der Waals surface area contributed by atoms with Crippen molar-refractivity contribution < 1.29 is 4.42 Å². The lowest BCUT2D eigenvalue weighted by Crippen LogP contribution is -2.00. The molecule has 5 nitrogen and oxygen atoms in total. The molecule has 0 aliphatic heterocycles. The van der Waals surface area contributed by atoms with E-state index in [1.165, 1.54) is 0 Å². The largest absolute Gasteiger partial charge is 0.455 e. The molecule has 7 aromatic carbocycles. The molecular weight excluding hydrogens is 601 g/mol. The van der Waals surface area contributed by atoms with Crippen LogP contribution < -0.4 is 0 Å². The van der Waals surface area contributed by atoms with Gasteiger partial charge in [0.25, 0.3) is 0 Å². The van der Waals surface area contributed by atoms with E-state index in [-0.39, 0.29) is 0 Å². The number of hydrogen-bond donors (Lipinski definition) is 0. The molecule has 0 spiro atoms. The smallest absolute Gasteiger partial charge is 0.164 e. The Morgan fingerprint density at radius 3 is 1.73 bits per heavy atom. The third-order valence-corrected chi connectivity index (χ3v) is 8.98. The lowest BCUT2D eigenvalue weighted by molar-refractivity contribution is 0.673. The summed E-state index contributed by atoms with van der Waals surface area (Å²) in [5.74, 6) is 1.70. The maximum Gasteiger partial charge on any atom is 0.164 e. The molecule has 5 heteroatoms. The van der Waals surface area contributed by atoms with Crippen LogP contribution in [0.2, 0.25) is 0 Å². The molecule has 0 bridgehead atoms. The molecule has 2 heterocycles. The van der Waals surface area contributed by atoms with Crippen LogP contribution in [0.5, 0.6) is 0 Å². The van der Waals surface area contributed by atoms with Crippen molar-refractivity contribution in [2.24, 2.45) is 0 Å². The van der Waals surface area contributed by atoms with Crippen LogP contribution in [0.4, 0.5) is 0 Å². The first kappa shape index (κ1) is 28.3. The zero-order valence-corrected chi connectivity index (χ0v) is 26.2. The van der Waals surface area contributed by atoms with Crippen LogP contribution in [0, 0.1) is 11.3 Å². The summed E-state index contributed by atoms with van der Waals surface area (Å²) in [5, 5.41) is 14.0. The van der Waals surface area contributed by atoms with E-state index in [0.29, 0.717) is 23.0 Å². The summed E-state index contributed by atoms with van der Waals surface area (Å²) in [6.07, 6.45) is 0. The molecule has 0 amide bonds. The Bertz CT molecular complexity index is 2710. The quantitative estimate of drug-likeness (QED) is 0.190. The van der Waals surface area contributed by atoms with Crippen LogP contribution >= 0.6 is 0 Å². The molecule has 9 rings (SSSR count). The molecule has 9 aromatic rings. The normalized spacial score (nSPS) is 11.2. The number of hydrogen-bond acceptors (Lipinski definition) is 5. The number of rotatable bonds is 5. The van der Waals surface area contributed by atoms with Crippen LogP contribution in [-0.4, -0.2) is 15.0 Å². The standard InChI is InChI=1S/C44H26N4O/c45-27-34-16-8-9-17-35(34)29-19-21-31(22-20-29)43-46-42(30-13-5-2-6-14-30)47-44(48-43)33-23-24-37-39(26-33)49-41-36-18-10-7-15-32(36)25-38(40(37)41)28-11-3-1-4-12-28/h1-26H. The highest BCUT2D eigenvalue weighted by Gasteiger charge is 2.19. The van der Waals surface area contributed by atoms with Gasteiger partial charge >= 0.3 is 0 Å². The molecule has 0 unspecified atom stereocenters. The first-order valence-corrected chi connectivity index (χ1v) is 16.1. The summed E-state index contributed by atoms with van der Waals surface area (Å²) in [4.78, 5) is 14.9. The Balaban J connectivity index is 1.21. The maximum absolute atomic E-state index is 9.63. The molecule has 0 saturated carbocycles. The Morgan fingerprint density at radius 1 is 0.449 bits per heavy atom. The van der Waals surface area contributed by atoms with Crippen molar-refractivity contribution >= 4 is 32.7 Å². The van der Waals surface area contributed by atoms with Gasteiger partial charge in [-0.25, -0.2) is 15.0 Å². The molecule has 2 aromatic heterocycles. The van der Waals surface area contributed by atoms with Crippen molar-refractivity contribution in [2.45, 2.75) is 0 Å². The van der Waals surface area contributed by atoms with E-state index in [1.54, 1.807) is 0 Å². The highest BCUT2D eigenvalue weighted by molar-refractivity contribution is 6.21. The second kappa shape index (κ2) is 11.7. The van der Waals surface area contributed by atoms with Gasteiger partial charge in [-0.3, -0.25) is 0 Å². The molecule has 0 saturated heterocycles. The maximum atomic E-state index is 9.63. The lowest BCUT2D eigenvalue weighted by atomic mass is 9.95. The van der Waals surface area contributed by atoms with Gasteiger partial charge in [0.15, 0.2) is 17.5 Å². The van der Waals surface area contributed by atoms with Crippen LogP contribution in [0.1, 0.15) is 5.56 Å². The minimum atomic E-state index is 0.554. The van der Waals surface area contributed by atoms with Crippen molar-refractivity contribution in [3.8, 4) is 62.5 Å². The van der Waals surface area contributed by atoms with E-state index in [9.17, 15) is 5.26 Å². The minimum absolute atomic E-state index is 0.554. The molecule has 0 N–H and O–H groups in total. The van der Waals surface area contributed by atoms with Crippen molar-refractivity contribution in [2.75, 3.05) is 0 Å². The predicted molar refractivity (Wildman–Crippen MR) is 197 cm³/mol. The molecule has 49 heavy (non-hydrogen) atoms. The van der Waals surface area contributed by atoms with Gasteiger partial charge in [0.05, 0.1) is 11.6 Å². The van der Waals surface area contributed by atoms with E-state index in [2.05, 4.69) is 72.8 Å². The van der Waals surface area contributed by atoms with Gasteiger partial charge in [-0.05, 0) is 51.9 Å². The third kappa shape index (κ3) is 5.00. The first-order valence-electron chi connectivity index (χ1n) is 16.1. The van der Waals surface area contributed by atoms with Crippen molar-refractivity contribution in [1.29, 1.82) is 5.26 Å². The zero-order valence-electron chi connectivity index (χ0n) is 26.2. The zero-order chi connectivity index (χ0) is 32.7. The average Bonchev–Trinajstić information content (AvgIpc) is 3.57. The molecule has 0 fully saturated rings. The molecule has 228 valence electrons. The van der Waals surface area contributed by atoms with Gasteiger partial charge < -0.3 is 4.42 Å². The predicted octanol–water partition coefficient (Wildman–Crippen LogP) is 11.1. The van der Waals surface area contributed by atoms with Crippen molar-refractivity contribution in [1.82, 2.24) is 15.0 Å². The number of nitriles is 1. The molecule has 0 aliphatic carbocycles. The van der Waals surface area contributed by atoms with Crippen molar-refractivity contribution in [3.63, 3.8) is 0 Å². The van der Waals surface area contributed by atoms with Gasteiger partial charge in [-0.15, -0.1) is 0 Å². The topological polar surface area (TPSA) is 75.6 Å². The fraction of sp³-hybridized carbons (Fsp3) is 0. The molecular formula is C44H26N4O. The van der Waals surface area contributed by atoms with Crippen LogP contribution in [0.15, 0.2) is 162 Å². The fourth-order valence-electron chi connectivity index (χ4n) is 6.58. The minimum Gasteiger partial charge on any atom is -0.455 e. The van der Waals surface area contributed by atoms with Gasteiger partial charge in [-0.2, -0.15) is 5.26 Å². The number of furan rings is 1. The number of benzene rings is 7. The summed E-state index contributed by atoms with van der Waals surface area (Å²) in [6, 6.07) is 55.1. The van der Waals surface area contributed by atoms with Gasteiger partial charge in [-0.1, -0.05) is 133 Å². The van der Waals surface area contributed by atoms with Gasteiger partial charge in [0.2, 0.25) is 0 Å². The molecule has 0 atom stereocenters. The Labute approximate surface area is 282 Å². The SMILES string of the molecule is N#Cc1ccccc1-c1ccc(-c2nc(-c3ccccc3)nc(-c3ccc4c(c3)oc3c5ccccc5cc(-c5ccccc5)c43)n2)cc1. The van der Waals surface area contributed by atoms with Crippen molar-refractivity contribution in [3.05, 3.63) is 163 Å². The molecule has 0 aliphatic rings. The summed E-state index contributed by atoms with van der Waals surface area (Å²) in [6.45, 7) is 0. The van der Waals surface area contributed by atoms with E-state index in [1.807, 2.05) is 91.0 Å². The summed E-state index contributed by atoms with van der Waals surface area (Å²) in [5.41, 5.74) is 8.96. The third-order valence-electron chi connectivity index (χ3n) is 8.98. The lowest BCUT2D eigenvalue weighted by Gasteiger charge is -2.10. The van der Waals surface area contributed by atoms with Crippen LogP contribution in [-0.2, 0) is 0 Å². The van der Waals surface area contributed by atoms with Gasteiger partial charge in [0.1, 0.15) is 11.2 Å². The number of aromatic nitrogens is 3. The van der Waals surface area contributed by atoms with E-state index in [4.69, 9.17) is 19.4 Å². The monoisotopic (exact) mass is 626 g/mol. The first-order chi connectivity index (χ1) is 24.2. The number of nitrogens with zero attached hydrogens (tertiary/aromatic N) is 4. The van der Waals surface area contributed by atoms with E-state index >= 15 is 0 Å². The Morgan fingerprint density at radius 2 is 1.00 bits per heavy atom. The fourth-order valence-corrected chi connectivity index (χ4v) is 6.58. The highest BCUT2D eigenvalue weighted by Crippen LogP contribution is 2.42. The Hall–Kier alpha value is -6.90. The number of fused-ring (bicyclic) bond motifs is 5. The summed E-state index contributed by atoms with van der Waals surface area (Å²) in [7, 11) is 0. The summed E-state index contributed by atoms with van der Waals surface area (Å²) >= 11 is 0. The van der Waals surface area contributed by atoms with E-state index in [0.717, 1.165) is 71.7 Å². The van der Waals surface area contributed by atoms with E-state index < -0.39 is 0 Å². The Kier molecular flexibility index (Phi) is 6.78. The van der Waals surface area contributed by atoms with Crippen LogP contribution in [0.25, 0.3) is 89.1 Å². The average molecular weight is 627 g/mol. The highest BCUT2D eigenvalue weighted by atomic mass is 16.3. The van der Waals surface area contributed by atoms with Gasteiger partial charge in [0, 0.05) is 32.8 Å².